The van der Waals surface area contributed by atoms with Crippen LogP contribution in [0, 0.1) is 0 Å². The van der Waals surface area contributed by atoms with Gasteiger partial charge in [-0.25, -0.2) is 9.78 Å². The molecule has 0 unspecified atom stereocenters. The number of oxime groups is 1. The van der Waals surface area contributed by atoms with E-state index in [4.69, 9.17) is 15.0 Å². The number of fused-ring (bicyclic) bond motifs is 1. The van der Waals surface area contributed by atoms with Gasteiger partial charge in [0.25, 0.3) is 17.0 Å². The fraction of sp³-hybridized carbons (Fsp3) is 0.261. The van der Waals surface area contributed by atoms with E-state index in [0.29, 0.717) is 11.1 Å². The minimum absolute atomic E-state index is 0.0948. The largest absolute Gasteiger partial charge is 0.504 e. The summed E-state index contributed by atoms with van der Waals surface area (Å²) in [7, 11) is 0. The third-order valence-corrected chi connectivity index (χ3v) is 8.72. The van der Waals surface area contributed by atoms with Gasteiger partial charge in [-0.1, -0.05) is 16.9 Å². The van der Waals surface area contributed by atoms with E-state index >= 15 is 0 Å². The number of carboxylic acid groups (broad SMARTS) is 1. The molecular weight excluding hydrogens is 598 g/mol. The molecule has 5 rings (SSSR count). The number of β-lactam (4-membered cyclic amide) rings is 1. The van der Waals surface area contributed by atoms with Crippen LogP contribution in [0.4, 0.5) is 5.13 Å². The van der Waals surface area contributed by atoms with Crippen LogP contribution in [0.15, 0.2) is 49.6 Å². The van der Waals surface area contributed by atoms with Crippen LogP contribution in [0.3, 0.4) is 0 Å². The van der Waals surface area contributed by atoms with Gasteiger partial charge in [-0.2, -0.15) is 0 Å². The van der Waals surface area contributed by atoms with Crippen LogP contribution < -0.4 is 11.1 Å². The topological polar surface area (TPSA) is 227 Å². The number of anilines is 1. The van der Waals surface area contributed by atoms with E-state index in [2.05, 4.69) is 25.7 Å². The van der Waals surface area contributed by atoms with Gasteiger partial charge in [0.2, 0.25) is 5.89 Å². The standard InChI is InChI=1S/C23H21N7O8S3/c1-2-37-29-14(11-8-40-22(24)25-11)17(33)26-15-19(34)30-16(21(35)36)10(6-39-20(15)30)7-41-23-28-27-18(38-23)9-3-4-12(31)13(32)5-9/h3-5,8,15,20,31-32H,2,6-7H2,1H3,(H2,24,25)(H,26,33)(H,35,36)/t15-,20+/m1/s1. The summed E-state index contributed by atoms with van der Waals surface area (Å²) in [6.45, 7) is 1.89. The number of thioether (sulfide) groups is 2. The number of aliphatic carboxylic acids is 1. The van der Waals surface area contributed by atoms with Gasteiger partial charge in [-0.15, -0.1) is 33.3 Å². The molecule has 1 saturated heterocycles. The molecule has 2 atom stereocenters. The lowest BCUT2D eigenvalue weighted by atomic mass is 10.0. The van der Waals surface area contributed by atoms with Crippen LogP contribution in [0.25, 0.3) is 11.5 Å². The van der Waals surface area contributed by atoms with Gasteiger partial charge in [0, 0.05) is 22.4 Å². The molecule has 41 heavy (non-hydrogen) atoms. The molecule has 214 valence electrons. The molecule has 0 aliphatic carbocycles. The number of nitrogens with two attached hydrogens (primary N) is 1. The minimum atomic E-state index is -1.29. The van der Waals surface area contributed by atoms with Gasteiger partial charge in [-0.05, 0) is 30.7 Å². The molecule has 1 aromatic carbocycles. The zero-order valence-corrected chi connectivity index (χ0v) is 23.5. The van der Waals surface area contributed by atoms with E-state index in [1.165, 1.54) is 35.3 Å². The average Bonchev–Trinajstić information content (AvgIpc) is 3.60. The number of benzene rings is 1. The predicted octanol–water partition coefficient (Wildman–Crippen LogP) is 1.46. The van der Waals surface area contributed by atoms with Gasteiger partial charge in [0.15, 0.2) is 22.3 Å². The second-order valence-electron chi connectivity index (χ2n) is 8.41. The lowest BCUT2D eigenvalue weighted by molar-refractivity contribution is -0.150. The Balaban J connectivity index is 1.28. The number of phenolic OH excluding ortho intramolecular Hbond substituents is 2. The first kappa shape index (κ1) is 28.2. The molecule has 15 nitrogen and oxygen atoms in total. The van der Waals surface area contributed by atoms with Crippen molar-refractivity contribution in [3.63, 3.8) is 0 Å². The number of carbonyl (C=O) groups excluding carboxylic acids is 2. The lowest BCUT2D eigenvalue weighted by Gasteiger charge is -2.49. The smallest absolute Gasteiger partial charge is 0.352 e. The summed E-state index contributed by atoms with van der Waals surface area (Å²) in [4.78, 5) is 48.5. The van der Waals surface area contributed by atoms with Crippen molar-refractivity contribution in [3.05, 3.63) is 40.5 Å². The highest BCUT2D eigenvalue weighted by Crippen LogP contribution is 2.42. The number of hydrogen-bond donors (Lipinski definition) is 5. The fourth-order valence-electron chi connectivity index (χ4n) is 3.92. The van der Waals surface area contributed by atoms with Crippen molar-refractivity contribution in [1.82, 2.24) is 25.4 Å². The highest BCUT2D eigenvalue weighted by atomic mass is 32.2. The van der Waals surface area contributed by atoms with Crippen LogP contribution in [0.5, 0.6) is 11.5 Å². The average molecular weight is 620 g/mol. The second-order valence-corrected chi connectivity index (χ2v) is 11.3. The monoisotopic (exact) mass is 619 g/mol. The number of amides is 2. The third kappa shape index (κ3) is 5.66. The molecule has 18 heteroatoms. The molecule has 3 aromatic rings. The zero-order valence-electron chi connectivity index (χ0n) is 21.0. The quantitative estimate of drug-likeness (QED) is 0.0712. The highest BCUT2D eigenvalue weighted by Gasteiger charge is 2.54. The fourth-order valence-corrected chi connectivity index (χ4v) is 6.72. The van der Waals surface area contributed by atoms with Crippen molar-refractivity contribution in [3.8, 4) is 23.0 Å². The van der Waals surface area contributed by atoms with Gasteiger partial charge >= 0.3 is 5.97 Å². The molecule has 0 saturated carbocycles. The summed E-state index contributed by atoms with van der Waals surface area (Å²) in [5, 5.41) is 44.7. The van der Waals surface area contributed by atoms with E-state index in [1.807, 2.05) is 0 Å². The summed E-state index contributed by atoms with van der Waals surface area (Å²) in [6, 6.07) is 3.05. The number of thiazole rings is 1. The normalized spacial score (nSPS) is 18.6. The van der Waals surface area contributed by atoms with Crippen LogP contribution in [-0.4, -0.2) is 88.4 Å². The van der Waals surface area contributed by atoms with Gasteiger partial charge in [-0.3, -0.25) is 14.5 Å². The molecular formula is C23H21N7O8S3. The van der Waals surface area contributed by atoms with Crippen molar-refractivity contribution < 1.29 is 39.0 Å². The van der Waals surface area contributed by atoms with Crippen molar-refractivity contribution in [2.45, 2.75) is 23.6 Å². The lowest BCUT2D eigenvalue weighted by Crippen LogP contribution is -2.71. The number of nitrogens with one attached hydrogen (secondary N) is 1. The molecule has 1 fully saturated rings. The highest BCUT2D eigenvalue weighted by molar-refractivity contribution is 8.01. The number of aromatic hydroxyl groups is 2. The number of aromatic nitrogens is 3. The zero-order chi connectivity index (χ0) is 29.3. The van der Waals surface area contributed by atoms with Crippen molar-refractivity contribution in [1.29, 1.82) is 0 Å². The number of phenols is 2. The number of nitrogens with zero attached hydrogens (tertiary/aromatic N) is 5. The van der Waals surface area contributed by atoms with E-state index in [0.717, 1.165) is 28.0 Å². The van der Waals surface area contributed by atoms with Gasteiger partial charge in [0.05, 0.1) is 0 Å². The van der Waals surface area contributed by atoms with Gasteiger partial charge < -0.3 is 35.6 Å². The molecule has 0 spiro atoms. The van der Waals surface area contributed by atoms with Crippen molar-refractivity contribution >= 4 is 63.5 Å². The number of carbonyl (C=O) groups is 3. The van der Waals surface area contributed by atoms with Crippen molar-refractivity contribution in [2.75, 3.05) is 23.8 Å². The molecule has 2 amide bonds. The number of hydrogen-bond acceptors (Lipinski definition) is 15. The molecule has 6 N–H and O–H groups in total. The third-order valence-electron chi connectivity index (χ3n) is 5.80. The maximum Gasteiger partial charge on any atom is 0.352 e. The summed E-state index contributed by atoms with van der Waals surface area (Å²) in [5.41, 5.74) is 6.38. The van der Waals surface area contributed by atoms with E-state index in [-0.39, 0.29) is 63.0 Å². The summed E-state index contributed by atoms with van der Waals surface area (Å²) < 4.78 is 5.59. The van der Waals surface area contributed by atoms with E-state index < -0.39 is 29.2 Å². The number of carboxylic acids is 1. The Bertz CT molecular complexity index is 1590. The first-order valence-electron chi connectivity index (χ1n) is 11.8. The first-order valence-corrected chi connectivity index (χ1v) is 14.7. The number of nitrogen functional groups attached to an aromatic ring is 1. The number of rotatable bonds is 10. The Morgan fingerprint density at radius 3 is 2.80 bits per heavy atom. The van der Waals surface area contributed by atoms with Crippen LogP contribution in [0.1, 0.15) is 12.6 Å². The van der Waals surface area contributed by atoms with Crippen molar-refractivity contribution in [2.24, 2.45) is 5.16 Å². The van der Waals surface area contributed by atoms with Gasteiger partial charge in [0.1, 0.15) is 29.4 Å². The molecule has 2 aliphatic heterocycles. The van der Waals surface area contributed by atoms with E-state index in [1.54, 1.807) is 6.92 Å². The molecule has 0 radical (unpaired) electrons. The maximum absolute atomic E-state index is 13.1. The Labute approximate surface area is 243 Å². The first-order chi connectivity index (χ1) is 19.7. The Morgan fingerprint density at radius 2 is 2.12 bits per heavy atom. The van der Waals surface area contributed by atoms with Crippen LogP contribution >= 0.6 is 34.9 Å². The molecule has 4 heterocycles. The molecule has 0 bridgehead atoms. The summed E-state index contributed by atoms with van der Waals surface area (Å²) >= 11 is 3.49. The molecule has 2 aromatic heterocycles. The second kappa shape index (κ2) is 11.7. The SMILES string of the molecule is CCON=C(C(=O)N[C@@H]1C(=O)N2C(C(=O)O)=C(CSc3nnc(-c4ccc(O)c(O)c4)o3)CS[C@@H]12)c1csc(N)n1. The van der Waals surface area contributed by atoms with Crippen LogP contribution in [-0.2, 0) is 19.2 Å². The molecule has 2 aliphatic rings. The maximum atomic E-state index is 13.1. The van der Waals surface area contributed by atoms with Crippen LogP contribution in [0.2, 0.25) is 0 Å². The Hall–Kier alpha value is -4.29. The van der Waals surface area contributed by atoms with E-state index in [9.17, 15) is 29.7 Å². The minimum Gasteiger partial charge on any atom is -0.504 e. The summed E-state index contributed by atoms with van der Waals surface area (Å²) in [5.74, 6) is -2.72. The predicted molar refractivity (Wildman–Crippen MR) is 148 cm³/mol. The summed E-state index contributed by atoms with van der Waals surface area (Å²) in [6.07, 6.45) is 0. The Kier molecular flexibility index (Phi) is 8.04. The Morgan fingerprint density at radius 1 is 1.32 bits per heavy atom.